The Bertz CT molecular complexity index is 767. The fourth-order valence-electron chi connectivity index (χ4n) is 5.09. The number of rotatable bonds is 2. The number of hydrogen-bond acceptors (Lipinski definition) is 5. The third kappa shape index (κ3) is 4.10. The number of carbonyl (C=O) groups is 2. The molecule has 1 aliphatic carbocycles. The fraction of sp³-hybridized carbons (Fsp3) is 0.682. The van der Waals surface area contributed by atoms with Crippen LogP contribution in [-0.2, 0) is 9.53 Å². The van der Waals surface area contributed by atoms with Crippen molar-refractivity contribution >= 4 is 11.8 Å². The van der Waals surface area contributed by atoms with Crippen molar-refractivity contribution in [1.82, 2.24) is 14.8 Å². The number of likely N-dealkylation sites (tertiary alicyclic amines) is 1. The molecule has 2 saturated heterocycles. The van der Waals surface area contributed by atoms with Crippen LogP contribution < -0.4 is 0 Å². The highest BCUT2D eigenvalue weighted by Gasteiger charge is 2.45. The molecule has 1 spiro atoms. The summed E-state index contributed by atoms with van der Waals surface area (Å²) in [6.07, 6.45) is 9.79. The largest absolute Gasteiger partial charge is 0.506 e. The van der Waals surface area contributed by atoms with E-state index in [2.05, 4.69) is 11.9 Å². The van der Waals surface area contributed by atoms with Crippen LogP contribution in [0.1, 0.15) is 62.2 Å². The summed E-state index contributed by atoms with van der Waals surface area (Å²) in [4.78, 5) is 33.7. The van der Waals surface area contributed by atoms with Crippen LogP contribution in [-0.4, -0.2) is 70.1 Å². The molecule has 0 aromatic carbocycles. The molecule has 1 aromatic heterocycles. The molecule has 4 rings (SSSR count). The van der Waals surface area contributed by atoms with E-state index in [-0.39, 0.29) is 22.7 Å². The second-order valence-corrected chi connectivity index (χ2v) is 9.10. The van der Waals surface area contributed by atoms with Crippen molar-refractivity contribution in [3.05, 3.63) is 24.0 Å². The highest BCUT2D eigenvalue weighted by molar-refractivity contribution is 5.94. The Labute approximate surface area is 172 Å². The van der Waals surface area contributed by atoms with Gasteiger partial charge in [0.25, 0.3) is 5.91 Å². The second kappa shape index (κ2) is 7.94. The Morgan fingerprint density at radius 2 is 1.76 bits per heavy atom. The lowest BCUT2D eigenvalue weighted by Gasteiger charge is -2.48. The molecule has 1 aromatic rings. The lowest BCUT2D eigenvalue weighted by Crippen LogP contribution is -2.59. The van der Waals surface area contributed by atoms with Crippen LogP contribution in [0.2, 0.25) is 0 Å². The zero-order valence-corrected chi connectivity index (χ0v) is 17.2. The fourth-order valence-corrected chi connectivity index (χ4v) is 5.09. The third-order valence-electron chi connectivity index (χ3n) is 6.94. The van der Waals surface area contributed by atoms with Gasteiger partial charge in [0.1, 0.15) is 5.75 Å². The Kier molecular flexibility index (Phi) is 5.51. The SMILES string of the molecule is CC1(C(=O)N2CCC3(CC2)CN(C(=O)c2cncc(O)c2)CCO3)CCCCC1. The van der Waals surface area contributed by atoms with Crippen LogP contribution in [0.15, 0.2) is 18.5 Å². The van der Waals surface area contributed by atoms with E-state index in [1.165, 1.54) is 24.9 Å². The minimum absolute atomic E-state index is 0.0122. The Hall–Kier alpha value is -2.15. The Balaban J connectivity index is 1.39. The number of morpholine rings is 1. The zero-order chi connectivity index (χ0) is 20.5. The van der Waals surface area contributed by atoms with Gasteiger partial charge in [-0.1, -0.05) is 26.2 Å². The van der Waals surface area contributed by atoms with E-state index in [4.69, 9.17) is 4.74 Å². The number of amides is 2. The molecule has 3 heterocycles. The predicted molar refractivity (Wildman–Crippen MR) is 107 cm³/mol. The van der Waals surface area contributed by atoms with Crippen LogP contribution in [0.4, 0.5) is 0 Å². The maximum Gasteiger partial charge on any atom is 0.255 e. The summed E-state index contributed by atoms with van der Waals surface area (Å²) >= 11 is 0. The van der Waals surface area contributed by atoms with Gasteiger partial charge in [0.2, 0.25) is 5.91 Å². The van der Waals surface area contributed by atoms with Crippen molar-refractivity contribution in [2.45, 2.75) is 57.5 Å². The number of carbonyl (C=O) groups excluding carboxylic acids is 2. The van der Waals surface area contributed by atoms with Crippen molar-refractivity contribution in [2.75, 3.05) is 32.8 Å². The predicted octanol–water partition coefficient (Wildman–Crippen LogP) is 2.59. The molecule has 29 heavy (non-hydrogen) atoms. The van der Waals surface area contributed by atoms with Crippen LogP contribution in [0.5, 0.6) is 5.75 Å². The topological polar surface area (TPSA) is 83.0 Å². The first-order valence-corrected chi connectivity index (χ1v) is 10.8. The van der Waals surface area contributed by atoms with E-state index in [1.807, 2.05) is 4.90 Å². The smallest absolute Gasteiger partial charge is 0.255 e. The molecular formula is C22H31N3O4. The summed E-state index contributed by atoms with van der Waals surface area (Å²) in [6, 6.07) is 1.45. The summed E-state index contributed by atoms with van der Waals surface area (Å²) < 4.78 is 6.15. The van der Waals surface area contributed by atoms with Crippen molar-refractivity contribution in [3.63, 3.8) is 0 Å². The number of ether oxygens (including phenoxy) is 1. The second-order valence-electron chi connectivity index (χ2n) is 9.10. The molecular weight excluding hydrogens is 370 g/mol. The number of aromatic nitrogens is 1. The van der Waals surface area contributed by atoms with Gasteiger partial charge < -0.3 is 19.6 Å². The molecule has 7 heteroatoms. The lowest BCUT2D eigenvalue weighted by molar-refractivity contribution is -0.156. The van der Waals surface area contributed by atoms with Crippen LogP contribution in [0.25, 0.3) is 0 Å². The average Bonchev–Trinajstić information content (AvgIpc) is 2.74. The molecule has 158 valence electrons. The van der Waals surface area contributed by atoms with Gasteiger partial charge in [-0.05, 0) is 31.7 Å². The normalized spacial score (nSPS) is 23.8. The highest BCUT2D eigenvalue weighted by atomic mass is 16.5. The van der Waals surface area contributed by atoms with Gasteiger partial charge in [0.05, 0.1) is 30.5 Å². The van der Waals surface area contributed by atoms with Crippen LogP contribution >= 0.6 is 0 Å². The summed E-state index contributed by atoms with van der Waals surface area (Å²) in [7, 11) is 0. The van der Waals surface area contributed by atoms with Crippen molar-refractivity contribution in [1.29, 1.82) is 0 Å². The maximum absolute atomic E-state index is 13.1. The molecule has 7 nitrogen and oxygen atoms in total. The first kappa shape index (κ1) is 20.1. The molecule has 3 fully saturated rings. The minimum atomic E-state index is -0.386. The van der Waals surface area contributed by atoms with E-state index in [1.54, 1.807) is 4.90 Å². The van der Waals surface area contributed by atoms with Gasteiger partial charge in [-0.2, -0.15) is 0 Å². The summed E-state index contributed by atoms with van der Waals surface area (Å²) in [5.74, 6) is 0.146. The standard InChI is InChI=1S/C22H31N3O4/c1-21(5-3-2-4-6-21)20(28)24-9-7-22(8-10-24)16-25(11-12-29-22)19(27)17-13-18(26)15-23-14-17/h13-15,26H,2-12,16H2,1H3. The van der Waals surface area contributed by atoms with Gasteiger partial charge in [0, 0.05) is 31.2 Å². The molecule has 0 unspecified atom stereocenters. The third-order valence-corrected chi connectivity index (χ3v) is 6.94. The van der Waals surface area contributed by atoms with Crippen molar-refractivity contribution in [2.24, 2.45) is 5.41 Å². The first-order valence-electron chi connectivity index (χ1n) is 10.8. The van der Waals surface area contributed by atoms with E-state index in [0.717, 1.165) is 38.5 Å². The monoisotopic (exact) mass is 401 g/mol. The first-order chi connectivity index (χ1) is 13.9. The number of nitrogens with zero attached hydrogens (tertiary/aromatic N) is 3. The molecule has 1 N–H and O–H groups in total. The van der Waals surface area contributed by atoms with Gasteiger partial charge in [0.15, 0.2) is 0 Å². The zero-order valence-electron chi connectivity index (χ0n) is 17.2. The maximum atomic E-state index is 13.1. The van der Waals surface area contributed by atoms with E-state index in [0.29, 0.717) is 44.3 Å². The summed E-state index contributed by atoms with van der Waals surface area (Å²) in [5, 5.41) is 9.62. The van der Waals surface area contributed by atoms with Crippen LogP contribution in [0.3, 0.4) is 0 Å². The number of hydrogen-bond donors (Lipinski definition) is 1. The highest BCUT2D eigenvalue weighted by Crippen LogP contribution is 2.39. The Morgan fingerprint density at radius 1 is 1.03 bits per heavy atom. The molecule has 0 bridgehead atoms. The molecule has 0 atom stereocenters. The van der Waals surface area contributed by atoms with E-state index in [9.17, 15) is 14.7 Å². The van der Waals surface area contributed by atoms with E-state index < -0.39 is 0 Å². The number of pyridine rings is 1. The van der Waals surface area contributed by atoms with Gasteiger partial charge >= 0.3 is 0 Å². The molecule has 1 saturated carbocycles. The van der Waals surface area contributed by atoms with Gasteiger partial charge in [-0.15, -0.1) is 0 Å². The van der Waals surface area contributed by atoms with E-state index >= 15 is 0 Å². The van der Waals surface area contributed by atoms with Crippen LogP contribution in [0, 0.1) is 5.41 Å². The summed E-state index contributed by atoms with van der Waals surface area (Å²) in [5.41, 5.74) is -0.206. The quantitative estimate of drug-likeness (QED) is 0.824. The molecule has 0 radical (unpaired) electrons. The minimum Gasteiger partial charge on any atom is -0.506 e. The molecule has 2 amide bonds. The van der Waals surface area contributed by atoms with Gasteiger partial charge in [-0.3, -0.25) is 14.6 Å². The van der Waals surface area contributed by atoms with Crippen molar-refractivity contribution in [3.8, 4) is 5.75 Å². The molecule has 3 aliphatic rings. The summed E-state index contributed by atoms with van der Waals surface area (Å²) in [6.45, 7) is 5.02. The van der Waals surface area contributed by atoms with Crippen molar-refractivity contribution < 1.29 is 19.4 Å². The molecule has 2 aliphatic heterocycles. The number of aromatic hydroxyl groups is 1. The Morgan fingerprint density at radius 3 is 2.45 bits per heavy atom. The van der Waals surface area contributed by atoms with Gasteiger partial charge in [-0.25, -0.2) is 0 Å². The average molecular weight is 402 g/mol. The lowest BCUT2D eigenvalue weighted by atomic mass is 9.74. The number of piperidine rings is 1.